The fourth-order valence-electron chi connectivity index (χ4n) is 2.65. The van der Waals surface area contributed by atoms with Crippen molar-refractivity contribution in [3.63, 3.8) is 0 Å². The summed E-state index contributed by atoms with van der Waals surface area (Å²) in [5.74, 6) is 0.852. The van der Waals surface area contributed by atoms with Crippen LogP contribution in [-0.4, -0.2) is 23.1 Å². The van der Waals surface area contributed by atoms with E-state index in [0.717, 1.165) is 24.8 Å². The van der Waals surface area contributed by atoms with Crippen LogP contribution in [-0.2, 0) is 22.8 Å². The first-order valence-electron chi connectivity index (χ1n) is 7.57. The zero-order valence-electron chi connectivity index (χ0n) is 13.0. The van der Waals surface area contributed by atoms with Crippen molar-refractivity contribution in [1.82, 2.24) is 0 Å². The van der Waals surface area contributed by atoms with Crippen LogP contribution < -0.4 is 4.89 Å². The lowest BCUT2D eigenvalue weighted by molar-refractivity contribution is -0.332. The third-order valence-electron chi connectivity index (χ3n) is 3.80. The quantitative estimate of drug-likeness (QED) is 0.460. The van der Waals surface area contributed by atoms with Crippen molar-refractivity contribution in [2.75, 3.05) is 6.61 Å². The minimum Gasteiger partial charge on any atom is -0.392 e. The number of aliphatic hydroxyl groups is 2. The van der Waals surface area contributed by atoms with E-state index in [9.17, 15) is 10.2 Å². The van der Waals surface area contributed by atoms with Gasteiger partial charge in [-0.2, -0.15) is 4.89 Å². The standard InChI is InChI=1S/C17H24O5/c1-3-4-13-5-6-16(20-11-13)21-22-17-14(9-18)7-12(2)8-15(17)10-19/h3,7-8,13,16,18-19H,1,4-6,9-11H2,2H3. The molecule has 2 N–H and O–H groups in total. The minimum atomic E-state index is -0.430. The zero-order chi connectivity index (χ0) is 15.9. The number of benzene rings is 1. The lowest BCUT2D eigenvalue weighted by Gasteiger charge is -2.27. The van der Waals surface area contributed by atoms with E-state index >= 15 is 0 Å². The van der Waals surface area contributed by atoms with Gasteiger partial charge in [0.2, 0.25) is 6.29 Å². The molecule has 0 radical (unpaired) electrons. The molecule has 2 unspecified atom stereocenters. The number of hydrogen-bond donors (Lipinski definition) is 2. The van der Waals surface area contributed by atoms with Gasteiger partial charge >= 0.3 is 0 Å². The summed E-state index contributed by atoms with van der Waals surface area (Å²) in [4.78, 5) is 10.7. The van der Waals surface area contributed by atoms with Crippen molar-refractivity contribution in [2.24, 2.45) is 5.92 Å². The van der Waals surface area contributed by atoms with E-state index in [1.165, 1.54) is 0 Å². The Kier molecular flexibility index (Phi) is 6.39. The van der Waals surface area contributed by atoms with Crippen LogP contribution in [0.1, 0.15) is 36.0 Å². The summed E-state index contributed by atoms with van der Waals surface area (Å²) in [6.07, 6.45) is 4.15. The van der Waals surface area contributed by atoms with Crippen LogP contribution >= 0.6 is 0 Å². The Bertz CT molecular complexity index is 467. The summed E-state index contributed by atoms with van der Waals surface area (Å²) in [6.45, 7) is 5.89. The first-order chi connectivity index (χ1) is 10.7. The average Bonchev–Trinajstić information content (AvgIpc) is 2.54. The Balaban J connectivity index is 1.96. The Morgan fingerprint density at radius 2 is 1.95 bits per heavy atom. The highest BCUT2D eigenvalue weighted by atomic mass is 17.2. The highest BCUT2D eigenvalue weighted by molar-refractivity contribution is 5.43. The summed E-state index contributed by atoms with van der Waals surface area (Å²) in [5, 5.41) is 18.9. The van der Waals surface area contributed by atoms with E-state index in [2.05, 4.69) is 6.58 Å². The Morgan fingerprint density at radius 1 is 1.27 bits per heavy atom. The van der Waals surface area contributed by atoms with Gasteiger partial charge in [0.15, 0.2) is 5.75 Å². The van der Waals surface area contributed by atoms with Crippen molar-refractivity contribution < 1.29 is 24.7 Å². The molecular weight excluding hydrogens is 284 g/mol. The molecule has 1 heterocycles. The molecule has 0 aliphatic carbocycles. The van der Waals surface area contributed by atoms with Crippen molar-refractivity contribution in [3.8, 4) is 5.75 Å². The summed E-state index contributed by atoms with van der Waals surface area (Å²) >= 11 is 0. The highest BCUT2D eigenvalue weighted by Crippen LogP contribution is 2.29. The third kappa shape index (κ3) is 4.30. The van der Waals surface area contributed by atoms with Crippen LogP contribution in [0.3, 0.4) is 0 Å². The molecule has 5 nitrogen and oxygen atoms in total. The fourth-order valence-corrected chi connectivity index (χ4v) is 2.65. The lowest BCUT2D eigenvalue weighted by Crippen LogP contribution is -2.29. The Hall–Kier alpha value is -1.40. The van der Waals surface area contributed by atoms with Crippen LogP contribution in [0.15, 0.2) is 24.8 Å². The maximum absolute atomic E-state index is 9.44. The van der Waals surface area contributed by atoms with Crippen LogP contribution in [0, 0.1) is 12.8 Å². The van der Waals surface area contributed by atoms with E-state index in [1.54, 1.807) is 12.1 Å². The number of aryl methyl sites for hydroxylation is 1. The maximum atomic E-state index is 9.44. The van der Waals surface area contributed by atoms with Crippen molar-refractivity contribution in [1.29, 1.82) is 0 Å². The van der Waals surface area contributed by atoms with Crippen molar-refractivity contribution in [2.45, 2.75) is 45.7 Å². The summed E-state index contributed by atoms with van der Waals surface area (Å²) in [6, 6.07) is 3.61. The largest absolute Gasteiger partial charge is 0.392 e. The van der Waals surface area contributed by atoms with Gasteiger partial charge in [-0.3, -0.25) is 0 Å². The van der Waals surface area contributed by atoms with Gasteiger partial charge in [-0.15, -0.1) is 6.58 Å². The average molecular weight is 308 g/mol. The second-order valence-electron chi connectivity index (χ2n) is 5.64. The molecule has 122 valence electrons. The van der Waals surface area contributed by atoms with Gasteiger partial charge in [-0.05, 0) is 37.8 Å². The van der Waals surface area contributed by atoms with Crippen LogP contribution in [0.2, 0.25) is 0 Å². The Labute approximate surface area is 131 Å². The second kappa shape index (κ2) is 8.29. The molecule has 0 amide bonds. The molecule has 1 aliphatic rings. The smallest absolute Gasteiger partial charge is 0.202 e. The molecule has 5 heteroatoms. The first-order valence-corrected chi connectivity index (χ1v) is 7.57. The van der Waals surface area contributed by atoms with Gasteiger partial charge in [0.1, 0.15) is 0 Å². The molecular formula is C17H24O5. The maximum Gasteiger partial charge on any atom is 0.202 e. The van der Waals surface area contributed by atoms with Crippen LogP contribution in [0.25, 0.3) is 0 Å². The van der Waals surface area contributed by atoms with Gasteiger partial charge in [-0.25, -0.2) is 0 Å². The fraction of sp³-hybridized carbons (Fsp3) is 0.529. The summed E-state index contributed by atoms with van der Waals surface area (Å²) in [5.41, 5.74) is 2.12. The molecule has 0 saturated carbocycles. The number of aliphatic hydroxyl groups excluding tert-OH is 2. The van der Waals surface area contributed by atoms with Gasteiger partial charge in [0.05, 0.1) is 19.8 Å². The molecule has 1 aromatic rings. The van der Waals surface area contributed by atoms with Crippen molar-refractivity contribution >= 4 is 0 Å². The molecule has 0 bridgehead atoms. The van der Waals surface area contributed by atoms with Gasteiger partial charge in [-0.1, -0.05) is 11.6 Å². The first kappa shape index (κ1) is 17.0. The van der Waals surface area contributed by atoms with Gasteiger partial charge in [0, 0.05) is 17.5 Å². The normalized spacial score (nSPS) is 21.6. The van der Waals surface area contributed by atoms with Crippen molar-refractivity contribution in [3.05, 3.63) is 41.5 Å². The molecule has 2 rings (SSSR count). The van der Waals surface area contributed by atoms with Crippen LogP contribution in [0.4, 0.5) is 0 Å². The van der Waals surface area contributed by atoms with Gasteiger partial charge in [0.25, 0.3) is 0 Å². The van der Waals surface area contributed by atoms with E-state index in [1.807, 2.05) is 13.0 Å². The molecule has 22 heavy (non-hydrogen) atoms. The van der Waals surface area contributed by atoms with E-state index in [4.69, 9.17) is 14.5 Å². The Morgan fingerprint density at radius 3 is 2.45 bits per heavy atom. The van der Waals surface area contributed by atoms with E-state index in [-0.39, 0.29) is 13.2 Å². The number of ether oxygens (including phenoxy) is 1. The van der Waals surface area contributed by atoms with Gasteiger partial charge < -0.3 is 19.8 Å². The lowest BCUT2D eigenvalue weighted by atomic mass is 9.98. The minimum absolute atomic E-state index is 0.180. The highest BCUT2D eigenvalue weighted by Gasteiger charge is 2.23. The number of allylic oxidation sites excluding steroid dienone is 1. The van der Waals surface area contributed by atoms with E-state index in [0.29, 0.717) is 29.4 Å². The molecule has 1 aliphatic heterocycles. The topological polar surface area (TPSA) is 68.2 Å². The van der Waals surface area contributed by atoms with E-state index < -0.39 is 6.29 Å². The predicted molar refractivity (Wildman–Crippen MR) is 82.0 cm³/mol. The van der Waals surface area contributed by atoms with Crippen LogP contribution in [0.5, 0.6) is 5.75 Å². The molecule has 0 aromatic heterocycles. The zero-order valence-corrected chi connectivity index (χ0v) is 13.0. The third-order valence-corrected chi connectivity index (χ3v) is 3.80. The SMILES string of the molecule is C=CCC1CCC(OOc2c(CO)cc(C)cc2CO)OC1. The predicted octanol–water partition coefficient (Wildman–Crippen LogP) is 2.62. The molecule has 0 spiro atoms. The molecule has 2 atom stereocenters. The molecule has 1 saturated heterocycles. The summed E-state index contributed by atoms with van der Waals surface area (Å²) in [7, 11) is 0. The monoisotopic (exact) mass is 308 g/mol. The second-order valence-corrected chi connectivity index (χ2v) is 5.64. The number of rotatable bonds is 7. The molecule has 1 aromatic carbocycles. The molecule has 1 fully saturated rings. The summed E-state index contributed by atoms with van der Waals surface area (Å²) < 4.78 is 5.62. The number of hydrogen-bond acceptors (Lipinski definition) is 5.